The first-order valence-corrected chi connectivity index (χ1v) is 32.2. The van der Waals surface area contributed by atoms with Crippen LogP contribution in [0.5, 0.6) is 0 Å². The average molecular weight is 1010 g/mol. The minimum atomic E-state index is -4.62. The van der Waals surface area contributed by atoms with Gasteiger partial charge in [0.15, 0.2) is 6.10 Å². The molecular weight excluding hydrogens is 894 g/mol. The van der Waals surface area contributed by atoms with E-state index in [4.69, 9.17) is 18.5 Å². The van der Waals surface area contributed by atoms with Gasteiger partial charge in [-0.2, -0.15) is 0 Å². The van der Waals surface area contributed by atoms with Gasteiger partial charge in [0.2, 0.25) is 0 Å². The molecule has 0 bridgehead atoms. The van der Waals surface area contributed by atoms with Crippen molar-refractivity contribution in [1.29, 1.82) is 0 Å². The fraction of sp³-hybridized carbons (Fsp3) is 0.967. The van der Waals surface area contributed by atoms with Crippen LogP contribution >= 0.6 is 7.82 Å². The van der Waals surface area contributed by atoms with Crippen molar-refractivity contribution in [2.45, 2.75) is 328 Å². The molecule has 2 atom stereocenters. The molecule has 0 aromatic heterocycles. The largest absolute Gasteiger partial charge is 0.756 e. The van der Waals surface area contributed by atoms with Crippen molar-refractivity contribution in [2.75, 3.05) is 47.5 Å². The molecule has 0 amide bonds. The number of nitrogens with zero attached hydrogens (tertiary/aromatic N) is 1. The molecule has 0 spiro atoms. The lowest BCUT2D eigenvalue weighted by Gasteiger charge is -2.28. The van der Waals surface area contributed by atoms with Gasteiger partial charge in [0, 0.05) is 12.8 Å². The number of rotatable bonds is 58. The molecule has 0 aliphatic rings. The number of carbonyl (C=O) groups is 2. The van der Waals surface area contributed by atoms with Gasteiger partial charge in [-0.05, 0) is 12.8 Å². The van der Waals surface area contributed by atoms with Crippen LogP contribution in [0, 0.1) is 0 Å². The normalized spacial score (nSPS) is 13.2. The van der Waals surface area contributed by atoms with Crippen molar-refractivity contribution in [3.63, 3.8) is 0 Å². The van der Waals surface area contributed by atoms with Crippen LogP contribution in [0.25, 0.3) is 0 Å². The number of phosphoric acid groups is 1. The molecule has 0 fully saturated rings. The van der Waals surface area contributed by atoms with E-state index in [-0.39, 0.29) is 32.0 Å². The maximum absolute atomic E-state index is 12.7. The third-order valence-electron chi connectivity index (χ3n) is 14.1. The Morgan fingerprint density at radius 2 is 0.643 bits per heavy atom. The Balaban J connectivity index is 3.89. The molecule has 0 aromatic carbocycles. The average Bonchev–Trinajstić information content (AvgIpc) is 3.32. The zero-order valence-electron chi connectivity index (χ0n) is 47.5. The maximum atomic E-state index is 12.7. The van der Waals surface area contributed by atoms with Crippen LogP contribution in [0.4, 0.5) is 0 Å². The predicted octanol–water partition coefficient (Wildman–Crippen LogP) is 18.4. The van der Waals surface area contributed by atoms with Crippen molar-refractivity contribution in [2.24, 2.45) is 0 Å². The first kappa shape index (κ1) is 69.0. The van der Waals surface area contributed by atoms with E-state index >= 15 is 0 Å². The minimum absolute atomic E-state index is 0.0253. The maximum Gasteiger partial charge on any atom is 0.306 e. The minimum Gasteiger partial charge on any atom is -0.756 e. The van der Waals surface area contributed by atoms with Crippen LogP contribution in [0.2, 0.25) is 0 Å². The quantitative estimate of drug-likeness (QED) is 0.0256. The highest BCUT2D eigenvalue weighted by Gasteiger charge is 2.22. The number of hydrogen-bond acceptors (Lipinski definition) is 8. The van der Waals surface area contributed by atoms with Gasteiger partial charge >= 0.3 is 11.9 Å². The van der Waals surface area contributed by atoms with E-state index in [0.29, 0.717) is 17.4 Å². The summed E-state index contributed by atoms with van der Waals surface area (Å²) in [6, 6.07) is 0. The first-order chi connectivity index (χ1) is 34.0. The van der Waals surface area contributed by atoms with Gasteiger partial charge in [-0.1, -0.05) is 296 Å². The lowest BCUT2D eigenvalue weighted by molar-refractivity contribution is -0.870. The Morgan fingerprint density at radius 3 is 0.914 bits per heavy atom. The van der Waals surface area contributed by atoms with Gasteiger partial charge in [0.25, 0.3) is 7.82 Å². The van der Waals surface area contributed by atoms with Gasteiger partial charge < -0.3 is 27.9 Å². The molecule has 0 aliphatic carbocycles. The summed E-state index contributed by atoms with van der Waals surface area (Å²) in [6.45, 7) is 4.30. The molecule has 0 radical (unpaired) electrons. The van der Waals surface area contributed by atoms with Gasteiger partial charge in [0.1, 0.15) is 19.8 Å². The summed E-state index contributed by atoms with van der Waals surface area (Å²) in [6.07, 6.45) is 60.4. The molecule has 0 aromatic rings. The second kappa shape index (κ2) is 52.9. The Morgan fingerprint density at radius 1 is 0.386 bits per heavy atom. The molecule has 0 N–H and O–H groups in total. The molecule has 0 aliphatic heterocycles. The lowest BCUT2D eigenvalue weighted by Crippen LogP contribution is -2.37. The van der Waals surface area contributed by atoms with Crippen molar-refractivity contribution >= 4 is 19.8 Å². The third-order valence-corrected chi connectivity index (χ3v) is 15.1. The van der Waals surface area contributed by atoms with Crippen LogP contribution in [-0.4, -0.2) is 70.0 Å². The molecule has 418 valence electrons. The third kappa shape index (κ3) is 56.3. The Kier molecular flexibility index (Phi) is 52.1. The summed E-state index contributed by atoms with van der Waals surface area (Å²) in [5.74, 6) is -0.811. The monoisotopic (exact) mass is 1010 g/mol. The smallest absolute Gasteiger partial charge is 0.306 e. The van der Waals surface area contributed by atoms with Crippen molar-refractivity contribution in [3.8, 4) is 0 Å². The Bertz CT molecular complexity index is 1150. The number of quaternary nitrogens is 1. The second-order valence-electron chi connectivity index (χ2n) is 22.4. The van der Waals surface area contributed by atoms with E-state index < -0.39 is 26.5 Å². The molecule has 0 saturated heterocycles. The van der Waals surface area contributed by atoms with Crippen LogP contribution in [0.1, 0.15) is 322 Å². The van der Waals surface area contributed by atoms with E-state index in [1.807, 2.05) is 21.1 Å². The summed E-state index contributed by atoms with van der Waals surface area (Å²) in [5.41, 5.74) is 0. The molecule has 0 saturated carbocycles. The molecule has 10 heteroatoms. The number of phosphoric ester groups is 1. The van der Waals surface area contributed by atoms with E-state index in [1.165, 1.54) is 257 Å². The highest BCUT2D eigenvalue weighted by molar-refractivity contribution is 7.45. The van der Waals surface area contributed by atoms with Gasteiger partial charge in [0.05, 0.1) is 27.7 Å². The standard InChI is InChI=1S/C60H120NO8P/c1-6-8-10-12-14-16-18-20-21-22-23-24-25-26-27-28-29-30-31-32-33-34-35-36-37-38-39-41-42-44-46-48-50-52-59(62)66-56-58(57-68-70(64,65)67-55-54-61(3,4)5)69-60(63)53-51-49-47-45-43-40-19-17-15-13-11-9-7-2/h58H,6-57H2,1-5H3/t58-/m1/s1. The van der Waals surface area contributed by atoms with E-state index in [2.05, 4.69) is 13.8 Å². The second-order valence-corrected chi connectivity index (χ2v) is 23.9. The van der Waals surface area contributed by atoms with Crippen molar-refractivity contribution in [3.05, 3.63) is 0 Å². The SMILES string of the molecule is CCCCCCCCCCCCCCCCCCCCCCCCCCCCCCCCCCCC(=O)OC[C@H](COP(=O)([O-])OCC[N+](C)(C)C)OC(=O)CCCCCCCCCCCCCCC. The molecular formula is C60H120NO8P. The number of carbonyl (C=O) groups excluding carboxylic acids is 2. The first-order valence-electron chi connectivity index (χ1n) is 30.7. The van der Waals surface area contributed by atoms with Gasteiger partial charge in [-0.3, -0.25) is 14.2 Å². The molecule has 1 unspecified atom stereocenters. The zero-order valence-corrected chi connectivity index (χ0v) is 48.4. The fourth-order valence-corrected chi connectivity index (χ4v) is 10.1. The van der Waals surface area contributed by atoms with Crippen LogP contribution in [0.15, 0.2) is 0 Å². The van der Waals surface area contributed by atoms with Crippen LogP contribution < -0.4 is 4.89 Å². The van der Waals surface area contributed by atoms with Crippen molar-refractivity contribution < 1.29 is 42.1 Å². The number of likely N-dealkylation sites (N-methyl/N-ethyl adjacent to an activating group) is 1. The number of ether oxygens (including phenoxy) is 2. The van der Waals surface area contributed by atoms with Gasteiger partial charge in [-0.15, -0.1) is 0 Å². The summed E-state index contributed by atoms with van der Waals surface area (Å²) in [7, 11) is 1.19. The fourth-order valence-electron chi connectivity index (χ4n) is 9.37. The summed E-state index contributed by atoms with van der Waals surface area (Å²) in [5, 5.41) is 0. The molecule has 70 heavy (non-hydrogen) atoms. The molecule has 0 heterocycles. The van der Waals surface area contributed by atoms with E-state index in [0.717, 1.165) is 32.1 Å². The Hall–Kier alpha value is -0.990. The van der Waals surface area contributed by atoms with E-state index in [9.17, 15) is 19.0 Å². The zero-order chi connectivity index (χ0) is 51.3. The molecule has 9 nitrogen and oxygen atoms in total. The van der Waals surface area contributed by atoms with Crippen LogP contribution in [0.3, 0.4) is 0 Å². The highest BCUT2D eigenvalue weighted by atomic mass is 31.2. The summed E-state index contributed by atoms with van der Waals surface area (Å²) < 4.78 is 34.1. The number of unbranched alkanes of at least 4 members (excludes halogenated alkanes) is 44. The number of hydrogen-bond donors (Lipinski definition) is 0. The topological polar surface area (TPSA) is 111 Å². The summed E-state index contributed by atoms with van der Waals surface area (Å²) in [4.78, 5) is 37.8. The van der Waals surface area contributed by atoms with Gasteiger partial charge in [-0.25, -0.2) is 0 Å². The summed E-state index contributed by atoms with van der Waals surface area (Å²) >= 11 is 0. The van der Waals surface area contributed by atoms with Crippen LogP contribution in [-0.2, 0) is 32.7 Å². The lowest BCUT2D eigenvalue weighted by atomic mass is 10.0. The van der Waals surface area contributed by atoms with Crippen molar-refractivity contribution in [1.82, 2.24) is 0 Å². The number of esters is 2. The molecule has 0 rings (SSSR count). The predicted molar refractivity (Wildman–Crippen MR) is 296 cm³/mol. The van der Waals surface area contributed by atoms with E-state index in [1.54, 1.807) is 0 Å². The Labute approximate surface area is 435 Å². The highest BCUT2D eigenvalue weighted by Crippen LogP contribution is 2.38.